The zero-order chi connectivity index (χ0) is 16.6. The third-order valence-electron chi connectivity index (χ3n) is 4.16. The number of aromatic nitrogens is 2. The highest BCUT2D eigenvalue weighted by Crippen LogP contribution is 2.35. The minimum Gasteiger partial charge on any atom is -0.337 e. The number of carbonyl (C=O) groups excluding carboxylic acids is 1. The first kappa shape index (κ1) is 15.7. The van der Waals surface area contributed by atoms with Crippen LogP contribution in [-0.4, -0.2) is 27.5 Å². The Labute approximate surface area is 136 Å². The van der Waals surface area contributed by atoms with Crippen molar-refractivity contribution in [1.29, 1.82) is 0 Å². The molecule has 5 heteroatoms. The lowest BCUT2D eigenvalue weighted by atomic mass is 9.94. The zero-order valence-electron chi connectivity index (χ0n) is 14.2. The van der Waals surface area contributed by atoms with Crippen molar-refractivity contribution in [2.75, 3.05) is 6.54 Å². The number of rotatable bonds is 2. The standard InChI is InChI=1S/C18H23N3O2/c1-12-7-5-8-13(11-12)15-19-16(23-20-15)14-9-6-10-21(14)17(22)18(2,3)4/h5,7-8,11,14H,6,9-10H2,1-4H3. The van der Waals surface area contributed by atoms with E-state index in [9.17, 15) is 4.79 Å². The van der Waals surface area contributed by atoms with Crippen molar-refractivity contribution < 1.29 is 9.32 Å². The summed E-state index contributed by atoms with van der Waals surface area (Å²) in [4.78, 5) is 19.0. The molecule has 1 aliphatic rings. The molecule has 0 spiro atoms. The maximum Gasteiger partial charge on any atom is 0.249 e. The Bertz CT molecular complexity index is 715. The number of carbonyl (C=O) groups is 1. The van der Waals surface area contributed by atoms with Crippen molar-refractivity contribution in [3.8, 4) is 11.4 Å². The second-order valence-corrected chi connectivity index (χ2v) is 7.23. The van der Waals surface area contributed by atoms with Gasteiger partial charge in [0.1, 0.15) is 6.04 Å². The molecule has 1 aromatic carbocycles. The summed E-state index contributed by atoms with van der Waals surface area (Å²) in [5.74, 6) is 1.26. The van der Waals surface area contributed by atoms with Crippen LogP contribution in [0.4, 0.5) is 0 Å². The van der Waals surface area contributed by atoms with Crippen molar-refractivity contribution in [2.45, 2.75) is 46.6 Å². The van der Waals surface area contributed by atoms with Crippen molar-refractivity contribution in [2.24, 2.45) is 5.41 Å². The van der Waals surface area contributed by atoms with Crippen LogP contribution in [0.1, 0.15) is 51.1 Å². The summed E-state index contributed by atoms with van der Waals surface area (Å²) in [6.07, 6.45) is 1.84. The molecule has 0 saturated carbocycles. The third-order valence-corrected chi connectivity index (χ3v) is 4.16. The highest BCUT2D eigenvalue weighted by Gasteiger charge is 2.38. The van der Waals surface area contributed by atoms with Crippen LogP contribution >= 0.6 is 0 Å². The van der Waals surface area contributed by atoms with Crippen LogP contribution in [0, 0.1) is 12.3 Å². The molecule has 1 amide bonds. The smallest absolute Gasteiger partial charge is 0.249 e. The molecule has 0 radical (unpaired) electrons. The number of nitrogens with zero attached hydrogens (tertiary/aromatic N) is 3. The molecule has 1 saturated heterocycles. The molecule has 0 aliphatic carbocycles. The molecule has 1 aliphatic heterocycles. The molecule has 3 rings (SSSR count). The second kappa shape index (κ2) is 5.80. The van der Waals surface area contributed by atoms with E-state index < -0.39 is 5.41 Å². The number of likely N-dealkylation sites (tertiary alicyclic amines) is 1. The van der Waals surface area contributed by atoms with Crippen molar-refractivity contribution >= 4 is 5.91 Å². The van der Waals surface area contributed by atoms with E-state index in [-0.39, 0.29) is 11.9 Å². The van der Waals surface area contributed by atoms with Gasteiger partial charge in [-0.25, -0.2) is 0 Å². The van der Waals surface area contributed by atoms with Gasteiger partial charge in [0.2, 0.25) is 17.6 Å². The fourth-order valence-corrected chi connectivity index (χ4v) is 2.97. The quantitative estimate of drug-likeness (QED) is 0.847. The summed E-state index contributed by atoms with van der Waals surface area (Å²) in [6.45, 7) is 8.61. The Morgan fingerprint density at radius 3 is 2.83 bits per heavy atom. The van der Waals surface area contributed by atoms with E-state index in [0.29, 0.717) is 11.7 Å². The van der Waals surface area contributed by atoms with E-state index in [4.69, 9.17) is 4.52 Å². The van der Waals surface area contributed by atoms with Crippen molar-refractivity contribution in [1.82, 2.24) is 15.0 Å². The molecule has 1 aromatic heterocycles. The van der Waals surface area contributed by atoms with Gasteiger partial charge in [-0.15, -0.1) is 0 Å². The molecule has 5 nitrogen and oxygen atoms in total. The number of hydrogen-bond donors (Lipinski definition) is 0. The monoisotopic (exact) mass is 313 g/mol. The average Bonchev–Trinajstić information content (AvgIpc) is 3.14. The van der Waals surface area contributed by atoms with Gasteiger partial charge in [0.15, 0.2) is 0 Å². The fraction of sp³-hybridized carbons (Fsp3) is 0.500. The van der Waals surface area contributed by atoms with E-state index in [2.05, 4.69) is 10.1 Å². The summed E-state index contributed by atoms with van der Waals surface area (Å²) < 4.78 is 5.48. The van der Waals surface area contributed by atoms with E-state index in [1.54, 1.807) is 0 Å². The molecular weight excluding hydrogens is 290 g/mol. The molecule has 0 bridgehead atoms. The molecule has 23 heavy (non-hydrogen) atoms. The summed E-state index contributed by atoms with van der Waals surface area (Å²) in [5.41, 5.74) is 1.69. The molecule has 0 N–H and O–H groups in total. The fourth-order valence-electron chi connectivity index (χ4n) is 2.97. The van der Waals surface area contributed by atoms with Gasteiger partial charge in [0.25, 0.3) is 0 Å². The second-order valence-electron chi connectivity index (χ2n) is 7.23. The maximum atomic E-state index is 12.6. The van der Waals surface area contributed by atoms with E-state index in [1.165, 1.54) is 0 Å². The molecule has 2 aromatic rings. The first-order valence-electron chi connectivity index (χ1n) is 8.08. The van der Waals surface area contributed by atoms with Crippen molar-refractivity contribution in [3.05, 3.63) is 35.7 Å². The molecule has 1 atom stereocenters. The van der Waals surface area contributed by atoms with E-state index in [1.807, 2.05) is 56.9 Å². The number of amides is 1. The normalized spacial score (nSPS) is 18.4. The molecule has 122 valence electrons. The predicted molar refractivity (Wildman–Crippen MR) is 87.6 cm³/mol. The number of aryl methyl sites for hydroxylation is 1. The Hall–Kier alpha value is -2.17. The van der Waals surface area contributed by atoms with Gasteiger partial charge < -0.3 is 9.42 Å². The van der Waals surface area contributed by atoms with Gasteiger partial charge in [0, 0.05) is 17.5 Å². The highest BCUT2D eigenvalue weighted by molar-refractivity contribution is 5.82. The van der Waals surface area contributed by atoms with Gasteiger partial charge >= 0.3 is 0 Å². The van der Waals surface area contributed by atoms with Gasteiger partial charge in [0.05, 0.1) is 0 Å². The minimum atomic E-state index is -0.401. The number of benzene rings is 1. The zero-order valence-corrected chi connectivity index (χ0v) is 14.2. The average molecular weight is 313 g/mol. The van der Waals surface area contributed by atoms with Crippen LogP contribution in [-0.2, 0) is 4.79 Å². The summed E-state index contributed by atoms with van der Waals surface area (Å²) in [6, 6.07) is 7.90. The van der Waals surface area contributed by atoms with Crippen LogP contribution in [0.25, 0.3) is 11.4 Å². The molecular formula is C18H23N3O2. The number of hydrogen-bond acceptors (Lipinski definition) is 4. The highest BCUT2D eigenvalue weighted by atomic mass is 16.5. The lowest BCUT2D eigenvalue weighted by molar-refractivity contribution is -0.140. The summed E-state index contributed by atoms with van der Waals surface area (Å²) in [7, 11) is 0. The Kier molecular flexibility index (Phi) is 3.96. The lowest BCUT2D eigenvalue weighted by Crippen LogP contribution is -2.39. The Morgan fingerprint density at radius 1 is 1.35 bits per heavy atom. The Morgan fingerprint density at radius 2 is 2.13 bits per heavy atom. The predicted octanol–water partition coefficient (Wildman–Crippen LogP) is 3.75. The largest absolute Gasteiger partial charge is 0.337 e. The topological polar surface area (TPSA) is 59.2 Å². The summed E-state index contributed by atoms with van der Waals surface area (Å²) in [5, 5.41) is 4.10. The van der Waals surface area contributed by atoms with Gasteiger partial charge in [-0.2, -0.15) is 4.98 Å². The first-order chi connectivity index (χ1) is 10.9. The van der Waals surface area contributed by atoms with Gasteiger partial charge in [-0.1, -0.05) is 49.7 Å². The molecule has 1 unspecified atom stereocenters. The maximum absolute atomic E-state index is 12.6. The van der Waals surface area contributed by atoms with Crippen LogP contribution in [0.15, 0.2) is 28.8 Å². The molecule has 1 fully saturated rings. The lowest BCUT2D eigenvalue weighted by Gasteiger charge is -2.29. The minimum absolute atomic E-state index is 0.104. The first-order valence-corrected chi connectivity index (χ1v) is 8.08. The van der Waals surface area contributed by atoms with Gasteiger partial charge in [-0.05, 0) is 25.8 Å². The SMILES string of the molecule is Cc1cccc(-c2noc(C3CCCN3C(=O)C(C)(C)C)n2)c1. The Balaban J connectivity index is 1.86. The van der Waals surface area contributed by atoms with Crippen molar-refractivity contribution in [3.63, 3.8) is 0 Å². The summed E-state index contributed by atoms with van der Waals surface area (Å²) >= 11 is 0. The van der Waals surface area contributed by atoms with Crippen LogP contribution in [0.5, 0.6) is 0 Å². The van der Waals surface area contributed by atoms with Gasteiger partial charge in [-0.3, -0.25) is 4.79 Å². The van der Waals surface area contributed by atoms with Crippen LogP contribution in [0.2, 0.25) is 0 Å². The van der Waals surface area contributed by atoms with Crippen LogP contribution in [0.3, 0.4) is 0 Å². The van der Waals surface area contributed by atoms with Crippen LogP contribution < -0.4 is 0 Å². The third kappa shape index (κ3) is 3.14. The molecule has 2 heterocycles. The van der Waals surface area contributed by atoms with E-state index in [0.717, 1.165) is 30.5 Å². The van der Waals surface area contributed by atoms with E-state index >= 15 is 0 Å².